The molecule has 0 amide bonds. The Balaban J connectivity index is 2.71. The predicted octanol–water partition coefficient (Wildman–Crippen LogP) is 3.49. The molecule has 0 heterocycles. The van der Waals surface area contributed by atoms with Crippen molar-refractivity contribution in [2.24, 2.45) is 4.99 Å². The zero-order valence-electron chi connectivity index (χ0n) is 11.2. The first-order chi connectivity index (χ1) is 9.09. The Morgan fingerprint density at radius 2 is 1.95 bits per heavy atom. The van der Waals surface area contributed by atoms with Gasteiger partial charge in [0.25, 0.3) is 0 Å². The van der Waals surface area contributed by atoms with Crippen molar-refractivity contribution in [2.45, 2.75) is 31.7 Å². The second-order valence-electron chi connectivity index (χ2n) is 4.71. The van der Waals surface area contributed by atoms with Crippen LogP contribution in [-0.4, -0.2) is 20.3 Å². The molecule has 0 N–H and O–H groups in total. The number of isocyanates is 1. The fourth-order valence-corrected chi connectivity index (χ4v) is 3.39. The van der Waals surface area contributed by atoms with E-state index in [-0.39, 0.29) is 0 Å². The second kappa shape index (κ2) is 5.35. The third-order valence-corrected chi connectivity index (χ3v) is 4.29. The van der Waals surface area contributed by atoms with Crippen LogP contribution in [0, 0.1) is 6.92 Å². The fourth-order valence-electron chi connectivity index (χ4n) is 2.71. The number of methoxy groups -OCH3 is 2. The topological polar surface area (TPSA) is 47.9 Å². The van der Waals surface area contributed by atoms with Crippen molar-refractivity contribution in [2.75, 3.05) is 14.2 Å². The van der Waals surface area contributed by atoms with Crippen LogP contribution in [0.25, 0.3) is 0 Å². The molecule has 0 radical (unpaired) electrons. The maximum atomic E-state index is 10.7. The molecule has 1 aliphatic carbocycles. The van der Waals surface area contributed by atoms with Crippen LogP contribution in [0.4, 0.5) is 0 Å². The zero-order chi connectivity index (χ0) is 14.0. The van der Waals surface area contributed by atoms with E-state index in [9.17, 15) is 4.79 Å². The van der Waals surface area contributed by atoms with Gasteiger partial charge in [-0.3, -0.25) is 0 Å². The molecule has 1 aromatic rings. The Bertz CT molecular complexity index is 546. The minimum absolute atomic E-state index is 0.495. The highest BCUT2D eigenvalue weighted by molar-refractivity contribution is 9.10. The standard InChI is InChI=1S/C14H16BrNO3/c1-9-7-10(15)12(18-2)13(19-3)11(9)14(16-8-17)5-4-6-14/h7H,4-6H2,1-3H3. The maximum Gasteiger partial charge on any atom is 0.235 e. The van der Waals surface area contributed by atoms with Gasteiger partial charge in [-0.15, -0.1) is 0 Å². The van der Waals surface area contributed by atoms with Crippen LogP contribution >= 0.6 is 15.9 Å². The van der Waals surface area contributed by atoms with Crippen LogP contribution < -0.4 is 9.47 Å². The molecule has 0 bridgehead atoms. The molecule has 0 saturated heterocycles. The van der Waals surface area contributed by atoms with E-state index in [1.807, 2.05) is 13.0 Å². The van der Waals surface area contributed by atoms with Gasteiger partial charge >= 0.3 is 0 Å². The molecule has 0 atom stereocenters. The van der Waals surface area contributed by atoms with Crippen molar-refractivity contribution in [3.8, 4) is 11.5 Å². The molecule has 1 saturated carbocycles. The van der Waals surface area contributed by atoms with Crippen LogP contribution in [0.1, 0.15) is 30.4 Å². The van der Waals surface area contributed by atoms with Crippen molar-refractivity contribution >= 4 is 22.0 Å². The molecule has 5 heteroatoms. The Morgan fingerprint density at radius 1 is 1.32 bits per heavy atom. The summed E-state index contributed by atoms with van der Waals surface area (Å²) in [5.74, 6) is 1.28. The highest BCUT2D eigenvalue weighted by atomic mass is 79.9. The number of ether oxygens (including phenoxy) is 2. The van der Waals surface area contributed by atoms with Crippen molar-refractivity contribution in [1.82, 2.24) is 0 Å². The minimum atomic E-state index is -0.495. The van der Waals surface area contributed by atoms with Gasteiger partial charge in [0.05, 0.1) is 18.7 Å². The number of halogens is 1. The summed E-state index contributed by atoms with van der Waals surface area (Å²) >= 11 is 3.47. The highest BCUT2D eigenvalue weighted by Crippen LogP contribution is 2.53. The number of benzene rings is 1. The maximum absolute atomic E-state index is 10.7. The lowest BCUT2D eigenvalue weighted by Crippen LogP contribution is -2.33. The summed E-state index contributed by atoms with van der Waals surface area (Å²) in [5, 5.41) is 0. The number of nitrogens with zero attached hydrogens (tertiary/aromatic N) is 1. The molecule has 0 aliphatic heterocycles. The number of rotatable bonds is 4. The third-order valence-electron chi connectivity index (χ3n) is 3.70. The van der Waals surface area contributed by atoms with Gasteiger partial charge in [-0.25, -0.2) is 4.79 Å². The Labute approximate surface area is 120 Å². The summed E-state index contributed by atoms with van der Waals surface area (Å²) in [6, 6.07) is 1.97. The van der Waals surface area contributed by atoms with Gasteiger partial charge in [-0.1, -0.05) is 0 Å². The zero-order valence-corrected chi connectivity index (χ0v) is 12.8. The highest BCUT2D eigenvalue weighted by Gasteiger charge is 2.43. The van der Waals surface area contributed by atoms with E-state index in [4.69, 9.17) is 9.47 Å². The van der Waals surface area contributed by atoms with Crippen LogP contribution in [0.3, 0.4) is 0 Å². The number of aryl methyl sites for hydroxylation is 1. The van der Waals surface area contributed by atoms with E-state index in [1.165, 1.54) is 0 Å². The van der Waals surface area contributed by atoms with Crippen molar-refractivity contribution < 1.29 is 14.3 Å². The Kier molecular flexibility index (Phi) is 3.97. The van der Waals surface area contributed by atoms with Crippen LogP contribution in [0.5, 0.6) is 11.5 Å². The average Bonchev–Trinajstić information content (AvgIpc) is 2.33. The summed E-state index contributed by atoms with van der Waals surface area (Å²) in [6.07, 6.45) is 4.43. The van der Waals surface area contributed by atoms with Crippen molar-refractivity contribution in [3.05, 3.63) is 21.7 Å². The van der Waals surface area contributed by atoms with Crippen LogP contribution in [0.15, 0.2) is 15.5 Å². The molecule has 4 nitrogen and oxygen atoms in total. The molecule has 1 aliphatic rings. The number of carbonyl (C=O) groups excluding carboxylic acids is 1. The summed E-state index contributed by atoms with van der Waals surface area (Å²) in [5.41, 5.74) is 1.47. The summed E-state index contributed by atoms with van der Waals surface area (Å²) in [4.78, 5) is 14.8. The summed E-state index contributed by atoms with van der Waals surface area (Å²) in [6.45, 7) is 1.99. The SMILES string of the molecule is COc1c(Br)cc(C)c(C2(N=C=O)CCC2)c1OC. The van der Waals surface area contributed by atoms with Gasteiger partial charge in [0.1, 0.15) is 5.54 Å². The molecular formula is C14H16BrNO3. The lowest BCUT2D eigenvalue weighted by atomic mass is 9.70. The monoisotopic (exact) mass is 325 g/mol. The van der Waals surface area contributed by atoms with Gasteiger partial charge in [-0.2, -0.15) is 4.99 Å². The predicted molar refractivity (Wildman–Crippen MR) is 75.6 cm³/mol. The van der Waals surface area contributed by atoms with Gasteiger partial charge < -0.3 is 9.47 Å². The van der Waals surface area contributed by atoms with Crippen LogP contribution in [0.2, 0.25) is 0 Å². The first-order valence-electron chi connectivity index (χ1n) is 6.10. The quantitative estimate of drug-likeness (QED) is 0.629. The van der Waals surface area contributed by atoms with Gasteiger partial charge in [0.2, 0.25) is 6.08 Å². The molecule has 2 rings (SSSR count). The lowest BCUT2D eigenvalue weighted by Gasteiger charge is -2.39. The third kappa shape index (κ3) is 2.17. The van der Waals surface area contributed by atoms with E-state index in [1.54, 1.807) is 20.3 Å². The molecular weight excluding hydrogens is 310 g/mol. The van der Waals surface area contributed by atoms with Crippen molar-refractivity contribution in [1.29, 1.82) is 0 Å². The lowest BCUT2D eigenvalue weighted by molar-refractivity contribution is 0.241. The normalized spacial score (nSPS) is 16.2. The molecule has 1 fully saturated rings. The fraction of sp³-hybridized carbons (Fsp3) is 0.500. The minimum Gasteiger partial charge on any atom is -0.492 e. The molecule has 1 aromatic carbocycles. The average molecular weight is 326 g/mol. The first kappa shape index (κ1) is 14.1. The Hall–Kier alpha value is -1.32. The molecule has 0 unspecified atom stereocenters. The van der Waals surface area contributed by atoms with Gasteiger partial charge in [-0.05, 0) is 53.7 Å². The number of aliphatic imine (C=N–C) groups is 1. The van der Waals surface area contributed by atoms with E-state index < -0.39 is 5.54 Å². The van der Waals surface area contributed by atoms with Gasteiger partial charge in [0, 0.05) is 5.56 Å². The number of hydrogen-bond donors (Lipinski definition) is 0. The molecule has 102 valence electrons. The van der Waals surface area contributed by atoms with Crippen molar-refractivity contribution in [3.63, 3.8) is 0 Å². The van der Waals surface area contributed by atoms with E-state index in [0.717, 1.165) is 34.9 Å². The largest absolute Gasteiger partial charge is 0.492 e. The Morgan fingerprint density at radius 3 is 2.37 bits per heavy atom. The molecule has 19 heavy (non-hydrogen) atoms. The number of hydrogen-bond acceptors (Lipinski definition) is 4. The molecule has 0 spiro atoms. The van der Waals surface area contributed by atoms with E-state index in [2.05, 4.69) is 20.9 Å². The molecule has 0 aromatic heterocycles. The summed E-state index contributed by atoms with van der Waals surface area (Å²) < 4.78 is 11.7. The second-order valence-corrected chi connectivity index (χ2v) is 5.56. The summed E-state index contributed by atoms with van der Waals surface area (Å²) in [7, 11) is 3.20. The smallest absolute Gasteiger partial charge is 0.235 e. The van der Waals surface area contributed by atoms with Crippen LogP contribution in [-0.2, 0) is 10.3 Å². The van der Waals surface area contributed by atoms with Gasteiger partial charge in [0.15, 0.2) is 11.5 Å². The first-order valence-corrected chi connectivity index (χ1v) is 6.89. The van der Waals surface area contributed by atoms with E-state index in [0.29, 0.717) is 11.5 Å². The van der Waals surface area contributed by atoms with E-state index >= 15 is 0 Å².